The van der Waals surface area contributed by atoms with Crippen LogP contribution in [-0.2, 0) is 0 Å². The Kier molecular flexibility index (Phi) is 11.2. The van der Waals surface area contributed by atoms with Gasteiger partial charge in [-0.25, -0.2) is 0 Å². The molecule has 12 aromatic rings. The molecule has 1 heterocycles. The van der Waals surface area contributed by atoms with Crippen molar-refractivity contribution in [3.63, 3.8) is 0 Å². The number of rotatable bonds is 11. The maximum atomic E-state index is 2.43. The number of hydrogen-bond donors (Lipinski definition) is 0. The molecule has 0 saturated heterocycles. The Hall–Kier alpha value is -8.76. The minimum Gasteiger partial charge on any atom is -0.311 e. The standard InChI is InChI=1S/C66H46N2S/c1-6-19-47(20-7-1)63-43-44-64(69-63)52-22-18-21-50(45-52)51-37-42-61-62(46-51)66(49-35-40-58(41-36-49)68(55-27-12-4-13-28-55)56-29-14-5-15-30-56)60-32-17-16-31-59(60)65(61)48-33-38-57(39-34-48)67(53-23-8-2-9-24-53)54-25-10-3-11-26-54/h1-46H. The highest BCUT2D eigenvalue weighted by Gasteiger charge is 2.20. The fourth-order valence-corrected chi connectivity index (χ4v) is 10.8. The Morgan fingerprint density at radius 1 is 0.203 bits per heavy atom. The maximum Gasteiger partial charge on any atom is 0.0462 e. The third-order valence-electron chi connectivity index (χ3n) is 13.1. The predicted octanol–water partition coefficient (Wildman–Crippen LogP) is 19.3. The Morgan fingerprint density at radius 2 is 0.536 bits per heavy atom. The zero-order chi connectivity index (χ0) is 45.9. The van der Waals surface area contributed by atoms with Gasteiger partial charge in [0.1, 0.15) is 0 Å². The number of fused-ring (bicyclic) bond motifs is 2. The smallest absolute Gasteiger partial charge is 0.0462 e. The van der Waals surface area contributed by atoms with Crippen LogP contribution in [0.1, 0.15) is 0 Å². The van der Waals surface area contributed by atoms with Crippen LogP contribution >= 0.6 is 11.3 Å². The van der Waals surface area contributed by atoms with Crippen molar-refractivity contribution in [1.29, 1.82) is 0 Å². The zero-order valence-electron chi connectivity index (χ0n) is 37.9. The lowest BCUT2D eigenvalue weighted by Gasteiger charge is -2.26. The van der Waals surface area contributed by atoms with E-state index in [0.29, 0.717) is 0 Å². The van der Waals surface area contributed by atoms with E-state index >= 15 is 0 Å². The van der Waals surface area contributed by atoms with E-state index in [9.17, 15) is 0 Å². The molecule has 0 aliphatic heterocycles. The lowest BCUT2D eigenvalue weighted by Crippen LogP contribution is -2.09. The van der Waals surface area contributed by atoms with Crippen molar-refractivity contribution in [3.8, 4) is 54.3 Å². The molecule has 0 spiro atoms. The topological polar surface area (TPSA) is 6.48 Å². The fourth-order valence-electron chi connectivity index (χ4n) is 9.84. The van der Waals surface area contributed by atoms with Gasteiger partial charge >= 0.3 is 0 Å². The van der Waals surface area contributed by atoms with E-state index in [-0.39, 0.29) is 0 Å². The number of hydrogen-bond acceptors (Lipinski definition) is 3. The third kappa shape index (κ3) is 8.16. The van der Waals surface area contributed by atoms with Gasteiger partial charge in [-0.3, -0.25) is 0 Å². The molecule has 0 aliphatic carbocycles. The van der Waals surface area contributed by atoms with Crippen molar-refractivity contribution in [2.45, 2.75) is 0 Å². The second-order valence-corrected chi connectivity index (χ2v) is 18.4. The normalized spacial score (nSPS) is 11.2. The lowest BCUT2D eigenvalue weighted by molar-refractivity contribution is 1.28. The van der Waals surface area contributed by atoms with Gasteiger partial charge in [-0.1, -0.05) is 182 Å². The van der Waals surface area contributed by atoms with Crippen LogP contribution in [0.15, 0.2) is 279 Å². The molecule has 3 heteroatoms. The summed E-state index contributed by atoms with van der Waals surface area (Å²) in [5.41, 5.74) is 16.3. The van der Waals surface area contributed by atoms with Crippen LogP contribution in [-0.4, -0.2) is 0 Å². The Bertz CT molecular complexity index is 3600. The quantitative estimate of drug-likeness (QED) is 0.119. The molecular weight excluding hydrogens is 853 g/mol. The predicted molar refractivity (Wildman–Crippen MR) is 296 cm³/mol. The van der Waals surface area contributed by atoms with Crippen molar-refractivity contribution >= 4 is 67.0 Å². The third-order valence-corrected chi connectivity index (χ3v) is 14.2. The Morgan fingerprint density at radius 3 is 1.01 bits per heavy atom. The molecule has 69 heavy (non-hydrogen) atoms. The van der Waals surface area contributed by atoms with Crippen LogP contribution in [0.25, 0.3) is 75.8 Å². The summed E-state index contributed by atoms with van der Waals surface area (Å²) in [5.74, 6) is 0. The molecule has 0 atom stereocenters. The molecule has 12 rings (SSSR count). The molecule has 0 aliphatic rings. The first-order valence-electron chi connectivity index (χ1n) is 23.5. The van der Waals surface area contributed by atoms with Crippen LogP contribution in [0.4, 0.5) is 34.1 Å². The monoisotopic (exact) mass is 898 g/mol. The highest BCUT2D eigenvalue weighted by molar-refractivity contribution is 7.18. The number of anilines is 6. The van der Waals surface area contributed by atoms with Gasteiger partial charge in [0.25, 0.3) is 0 Å². The van der Waals surface area contributed by atoms with Crippen LogP contribution in [0.2, 0.25) is 0 Å². The van der Waals surface area contributed by atoms with E-state index in [2.05, 4.69) is 289 Å². The van der Waals surface area contributed by atoms with Crippen molar-refractivity contribution in [1.82, 2.24) is 0 Å². The summed E-state index contributed by atoms with van der Waals surface area (Å²) in [6.07, 6.45) is 0. The Labute approximate surface area is 407 Å². The highest BCUT2D eigenvalue weighted by Crippen LogP contribution is 2.47. The van der Waals surface area contributed by atoms with Gasteiger partial charge in [-0.15, -0.1) is 11.3 Å². The molecule has 0 radical (unpaired) electrons. The summed E-state index contributed by atoms with van der Waals surface area (Å²) in [5, 5.41) is 4.86. The molecule has 0 saturated carbocycles. The molecule has 0 bridgehead atoms. The first kappa shape index (κ1) is 41.7. The molecule has 11 aromatic carbocycles. The van der Waals surface area contributed by atoms with Crippen molar-refractivity contribution < 1.29 is 0 Å². The van der Waals surface area contributed by atoms with Crippen molar-refractivity contribution in [3.05, 3.63) is 279 Å². The number of thiophene rings is 1. The summed E-state index contributed by atoms with van der Waals surface area (Å²) < 4.78 is 0. The van der Waals surface area contributed by atoms with E-state index in [1.54, 1.807) is 0 Å². The minimum absolute atomic E-state index is 1.10. The SMILES string of the molecule is c1ccc(-c2ccc(-c3cccc(-c4ccc5c(-c6ccc(N(c7ccccc7)c7ccccc7)cc6)c6ccccc6c(-c6ccc(N(c7ccccc7)c7ccccc7)cc6)c5c4)c3)s2)cc1. The van der Waals surface area contributed by atoms with Gasteiger partial charge in [-0.2, -0.15) is 0 Å². The average molecular weight is 899 g/mol. The van der Waals surface area contributed by atoms with Crippen LogP contribution in [0, 0.1) is 0 Å². The average Bonchev–Trinajstić information content (AvgIpc) is 3.93. The number of benzene rings is 11. The van der Waals surface area contributed by atoms with E-state index < -0.39 is 0 Å². The van der Waals surface area contributed by atoms with Gasteiger partial charge in [-0.05, 0) is 163 Å². The number of nitrogens with zero attached hydrogens (tertiary/aromatic N) is 2. The molecule has 326 valence electrons. The summed E-state index contributed by atoms with van der Waals surface area (Å²) >= 11 is 1.84. The van der Waals surface area contributed by atoms with Crippen LogP contribution in [0.5, 0.6) is 0 Å². The molecule has 0 unspecified atom stereocenters. The van der Waals surface area contributed by atoms with Gasteiger partial charge in [0.05, 0.1) is 0 Å². The maximum absolute atomic E-state index is 2.43. The van der Waals surface area contributed by atoms with Crippen LogP contribution in [0.3, 0.4) is 0 Å². The second-order valence-electron chi connectivity index (χ2n) is 17.3. The lowest BCUT2D eigenvalue weighted by atomic mass is 9.84. The molecule has 0 amide bonds. The van der Waals surface area contributed by atoms with Gasteiger partial charge < -0.3 is 9.80 Å². The molecule has 0 fully saturated rings. The summed E-state index contributed by atoms with van der Waals surface area (Å²) in [6, 6.07) is 101. The van der Waals surface area contributed by atoms with Gasteiger partial charge in [0.15, 0.2) is 0 Å². The molecule has 0 N–H and O–H groups in total. The van der Waals surface area contributed by atoms with E-state index in [4.69, 9.17) is 0 Å². The largest absolute Gasteiger partial charge is 0.311 e. The van der Waals surface area contributed by atoms with Crippen molar-refractivity contribution in [2.75, 3.05) is 9.80 Å². The fraction of sp³-hybridized carbons (Fsp3) is 0. The Balaban J connectivity index is 1.02. The van der Waals surface area contributed by atoms with Gasteiger partial charge in [0.2, 0.25) is 0 Å². The zero-order valence-corrected chi connectivity index (χ0v) is 38.7. The summed E-state index contributed by atoms with van der Waals surface area (Å²) in [7, 11) is 0. The molecular formula is C66H46N2S. The second kappa shape index (κ2) is 18.5. The van der Waals surface area contributed by atoms with Gasteiger partial charge in [0, 0.05) is 43.9 Å². The van der Waals surface area contributed by atoms with E-state index in [0.717, 1.165) is 34.1 Å². The number of para-hydroxylation sites is 4. The highest BCUT2D eigenvalue weighted by atomic mass is 32.1. The summed E-state index contributed by atoms with van der Waals surface area (Å²) in [6.45, 7) is 0. The molecule has 1 aromatic heterocycles. The van der Waals surface area contributed by atoms with E-state index in [1.165, 1.54) is 75.8 Å². The molecule has 2 nitrogen and oxygen atoms in total. The van der Waals surface area contributed by atoms with Crippen molar-refractivity contribution in [2.24, 2.45) is 0 Å². The van der Waals surface area contributed by atoms with Crippen LogP contribution < -0.4 is 9.80 Å². The summed E-state index contributed by atoms with van der Waals surface area (Å²) in [4.78, 5) is 7.17. The first-order valence-corrected chi connectivity index (χ1v) is 24.3. The first-order chi connectivity index (χ1) is 34.2. The van der Waals surface area contributed by atoms with E-state index in [1.807, 2.05) is 11.3 Å². The minimum atomic E-state index is 1.10.